The molecule has 1 aliphatic rings. The SMILES string of the molecule is CC(C)(C)OC(=O)N1CC(OS(=O)(=O)[O-])C1.[Na+]. The van der Waals surface area contributed by atoms with Gasteiger partial charge in [-0.05, 0) is 20.8 Å². The number of hydrogen-bond donors (Lipinski definition) is 0. The normalized spacial score (nSPS) is 17.1. The number of carbonyl (C=O) groups excluding carboxylic acids is 1. The number of rotatable bonds is 2. The zero-order valence-electron chi connectivity index (χ0n) is 10.3. The summed E-state index contributed by atoms with van der Waals surface area (Å²) in [6.07, 6.45) is -1.30. The fraction of sp³-hybridized carbons (Fsp3) is 0.875. The molecular formula is C8H14NNaO6S. The van der Waals surface area contributed by atoms with Gasteiger partial charge in [0.05, 0.1) is 13.1 Å². The molecule has 94 valence electrons. The van der Waals surface area contributed by atoms with Crippen LogP contribution in [0.5, 0.6) is 0 Å². The summed E-state index contributed by atoms with van der Waals surface area (Å²) >= 11 is 0. The second kappa shape index (κ2) is 5.85. The van der Waals surface area contributed by atoms with E-state index in [1.165, 1.54) is 4.90 Å². The molecule has 0 N–H and O–H groups in total. The summed E-state index contributed by atoms with van der Waals surface area (Å²) in [6.45, 7) is 5.27. The smallest absolute Gasteiger partial charge is 0.726 e. The van der Waals surface area contributed by atoms with E-state index < -0.39 is 28.2 Å². The van der Waals surface area contributed by atoms with E-state index in [1.54, 1.807) is 20.8 Å². The molecule has 0 aromatic heterocycles. The van der Waals surface area contributed by atoms with Gasteiger partial charge in [-0.15, -0.1) is 0 Å². The van der Waals surface area contributed by atoms with E-state index in [9.17, 15) is 17.8 Å². The van der Waals surface area contributed by atoms with Gasteiger partial charge in [0.2, 0.25) is 10.4 Å². The summed E-state index contributed by atoms with van der Waals surface area (Å²) in [5.74, 6) is 0. The maximum Gasteiger partial charge on any atom is 1.00 e. The van der Waals surface area contributed by atoms with Gasteiger partial charge in [-0.2, -0.15) is 0 Å². The van der Waals surface area contributed by atoms with Crippen LogP contribution in [-0.2, 0) is 19.3 Å². The minimum Gasteiger partial charge on any atom is -0.726 e. The number of likely N-dealkylation sites (tertiary alicyclic amines) is 1. The molecule has 0 aromatic carbocycles. The molecule has 1 aliphatic heterocycles. The molecule has 9 heteroatoms. The molecule has 1 amide bonds. The Morgan fingerprint density at radius 3 is 2.18 bits per heavy atom. The maximum atomic E-state index is 11.4. The average Bonchev–Trinajstić information content (AvgIpc) is 1.89. The van der Waals surface area contributed by atoms with E-state index in [0.29, 0.717) is 0 Å². The van der Waals surface area contributed by atoms with Crippen molar-refractivity contribution in [1.29, 1.82) is 0 Å². The molecule has 1 saturated heterocycles. The van der Waals surface area contributed by atoms with Crippen molar-refractivity contribution < 1.29 is 56.2 Å². The molecule has 1 fully saturated rings. The van der Waals surface area contributed by atoms with E-state index in [4.69, 9.17) is 4.74 Å². The Kier molecular flexibility index (Phi) is 5.90. The van der Waals surface area contributed by atoms with Crippen LogP contribution in [0.25, 0.3) is 0 Å². The predicted molar refractivity (Wildman–Crippen MR) is 52.4 cm³/mol. The van der Waals surface area contributed by atoms with Crippen LogP contribution in [0.1, 0.15) is 20.8 Å². The summed E-state index contributed by atoms with van der Waals surface area (Å²) in [5.41, 5.74) is -0.604. The first kappa shape index (κ1) is 17.1. The minimum absolute atomic E-state index is 0. The molecule has 7 nitrogen and oxygen atoms in total. The Morgan fingerprint density at radius 2 is 1.82 bits per heavy atom. The zero-order chi connectivity index (χ0) is 12.6. The van der Waals surface area contributed by atoms with Crippen molar-refractivity contribution in [2.24, 2.45) is 0 Å². The van der Waals surface area contributed by atoms with Crippen molar-refractivity contribution in [3.05, 3.63) is 0 Å². The number of ether oxygens (including phenoxy) is 1. The Hall–Kier alpha value is 0.140. The molecule has 0 unspecified atom stereocenters. The molecule has 1 rings (SSSR count). The van der Waals surface area contributed by atoms with Crippen molar-refractivity contribution in [3.63, 3.8) is 0 Å². The molecule has 0 aromatic rings. The van der Waals surface area contributed by atoms with E-state index >= 15 is 0 Å². The molecule has 0 spiro atoms. The molecule has 0 bridgehead atoms. The van der Waals surface area contributed by atoms with E-state index in [1.807, 2.05) is 0 Å². The van der Waals surface area contributed by atoms with Crippen molar-refractivity contribution >= 4 is 16.5 Å². The largest absolute Gasteiger partial charge is 1.00 e. The van der Waals surface area contributed by atoms with Crippen LogP contribution in [0.2, 0.25) is 0 Å². The van der Waals surface area contributed by atoms with Gasteiger partial charge in [0.25, 0.3) is 0 Å². The van der Waals surface area contributed by atoms with E-state index in [0.717, 1.165) is 0 Å². The first-order valence-electron chi connectivity index (χ1n) is 4.69. The standard InChI is InChI=1S/C8H15NO6S.Na/c1-8(2,3)14-7(10)9-4-6(5-9)15-16(11,12)13;/h6H,4-5H2,1-3H3,(H,11,12,13);/q;+1/p-1. The third-order valence-corrected chi connectivity index (χ3v) is 2.26. The Morgan fingerprint density at radius 1 is 1.35 bits per heavy atom. The van der Waals surface area contributed by atoms with Crippen molar-refractivity contribution in [1.82, 2.24) is 4.90 Å². The fourth-order valence-electron chi connectivity index (χ4n) is 1.14. The van der Waals surface area contributed by atoms with Crippen LogP contribution in [-0.4, -0.2) is 48.8 Å². The minimum atomic E-state index is -4.70. The summed E-state index contributed by atoms with van der Waals surface area (Å²) in [5, 5.41) is 0. The summed E-state index contributed by atoms with van der Waals surface area (Å²) in [6, 6.07) is 0. The van der Waals surface area contributed by atoms with Crippen LogP contribution in [0.4, 0.5) is 4.79 Å². The molecule has 0 aliphatic carbocycles. The van der Waals surface area contributed by atoms with Crippen molar-refractivity contribution in [2.75, 3.05) is 13.1 Å². The van der Waals surface area contributed by atoms with E-state index in [-0.39, 0.29) is 42.6 Å². The van der Waals surface area contributed by atoms with Crippen LogP contribution in [0, 0.1) is 0 Å². The van der Waals surface area contributed by atoms with Gasteiger partial charge >= 0.3 is 35.7 Å². The number of nitrogens with zero attached hydrogens (tertiary/aromatic N) is 1. The predicted octanol–water partition coefficient (Wildman–Crippen LogP) is -2.91. The molecule has 17 heavy (non-hydrogen) atoms. The monoisotopic (exact) mass is 275 g/mol. The fourth-order valence-corrected chi connectivity index (χ4v) is 1.60. The van der Waals surface area contributed by atoms with Gasteiger partial charge in [-0.1, -0.05) is 0 Å². The van der Waals surface area contributed by atoms with Gasteiger partial charge < -0.3 is 14.2 Å². The second-order valence-electron chi connectivity index (χ2n) is 4.51. The van der Waals surface area contributed by atoms with Crippen molar-refractivity contribution in [2.45, 2.75) is 32.5 Å². The van der Waals surface area contributed by atoms with Gasteiger partial charge in [-0.25, -0.2) is 13.2 Å². The molecule has 0 atom stereocenters. The number of hydrogen-bond acceptors (Lipinski definition) is 6. The molecular weight excluding hydrogens is 261 g/mol. The molecule has 0 radical (unpaired) electrons. The van der Waals surface area contributed by atoms with Crippen LogP contribution >= 0.6 is 0 Å². The number of amides is 1. The number of carbonyl (C=O) groups is 1. The Labute approximate surface area is 123 Å². The van der Waals surface area contributed by atoms with Gasteiger partial charge in [0.1, 0.15) is 11.7 Å². The van der Waals surface area contributed by atoms with E-state index in [2.05, 4.69) is 4.18 Å². The summed E-state index contributed by atoms with van der Waals surface area (Å²) in [7, 11) is -4.70. The first-order chi connectivity index (χ1) is 7.07. The molecule has 1 heterocycles. The summed E-state index contributed by atoms with van der Waals surface area (Å²) < 4.78 is 39.9. The third-order valence-electron chi connectivity index (χ3n) is 1.75. The van der Waals surface area contributed by atoms with Gasteiger partial charge in [-0.3, -0.25) is 4.18 Å². The Bertz CT molecular complexity index is 370. The quantitative estimate of drug-likeness (QED) is 0.304. The third kappa shape index (κ3) is 6.58. The molecule has 0 saturated carbocycles. The zero-order valence-corrected chi connectivity index (χ0v) is 13.1. The van der Waals surface area contributed by atoms with Crippen LogP contribution in [0.15, 0.2) is 0 Å². The first-order valence-corrected chi connectivity index (χ1v) is 6.02. The van der Waals surface area contributed by atoms with Crippen LogP contribution in [0.3, 0.4) is 0 Å². The van der Waals surface area contributed by atoms with Gasteiger partial charge in [0, 0.05) is 0 Å². The second-order valence-corrected chi connectivity index (χ2v) is 5.52. The van der Waals surface area contributed by atoms with Crippen molar-refractivity contribution in [3.8, 4) is 0 Å². The average molecular weight is 275 g/mol. The topological polar surface area (TPSA) is 96.0 Å². The van der Waals surface area contributed by atoms with Crippen LogP contribution < -0.4 is 29.6 Å². The van der Waals surface area contributed by atoms with Gasteiger partial charge in [0.15, 0.2) is 0 Å². The summed E-state index contributed by atoms with van der Waals surface area (Å²) in [4.78, 5) is 12.6. The Balaban J connectivity index is 0.00000256. The maximum absolute atomic E-state index is 11.4.